The van der Waals surface area contributed by atoms with Gasteiger partial charge in [0.05, 0.1) is 5.92 Å². The smallest absolute Gasteiger partial charge is 0.306 e. The first-order chi connectivity index (χ1) is 5.96. The molecule has 0 spiro atoms. The quantitative estimate of drug-likeness (QED) is 0.715. The SMILES string of the molecule is CC(=O)C1(F)CCC(C(=O)O)CC1. The van der Waals surface area contributed by atoms with Crippen molar-refractivity contribution in [2.24, 2.45) is 5.92 Å². The Kier molecular flexibility index (Phi) is 2.68. The van der Waals surface area contributed by atoms with E-state index in [4.69, 9.17) is 5.11 Å². The number of carbonyl (C=O) groups is 2. The van der Waals surface area contributed by atoms with Crippen LogP contribution in [0.15, 0.2) is 0 Å². The maximum absolute atomic E-state index is 13.6. The van der Waals surface area contributed by atoms with Crippen LogP contribution in [0.2, 0.25) is 0 Å². The lowest BCUT2D eigenvalue weighted by molar-refractivity contribution is -0.146. The summed E-state index contributed by atoms with van der Waals surface area (Å²) in [5.41, 5.74) is -1.76. The number of alkyl halides is 1. The molecule has 0 heterocycles. The fourth-order valence-corrected chi connectivity index (χ4v) is 1.67. The minimum atomic E-state index is -1.76. The Hall–Kier alpha value is -0.930. The molecule has 4 heteroatoms. The van der Waals surface area contributed by atoms with Crippen molar-refractivity contribution < 1.29 is 19.1 Å². The average molecular weight is 188 g/mol. The van der Waals surface area contributed by atoms with E-state index in [9.17, 15) is 14.0 Å². The lowest BCUT2D eigenvalue weighted by Crippen LogP contribution is -2.37. The van der Waals surface area contributed by atoms with Gasteiger partial charge in [0.15, 0.2) is 11.5 Å². The molecule has 0 aromatic rings. The molecular weight excluding hydrogens is 175 g/mol. The summed E-state index contributed by atoms with van der Waals surface area (Å²) in [4.78, 5) is 21.4. The van der Waals surface area contributed by atoms with Gasteiger partial charge in [-0.25, -0.2) is 4.39 Å². The maximum atomic E-state index is 13.6. The van der Waals surface area contributed by atoms with Crippen molar-refractivity contribution in [3.05, 3.63) is 0 Å². The van der Waals surface area contributed by atoms with Crippen LogP contribution in [0.5, 0.6) is 0 Å². The molecule has 74 valence electrons. The standard InChI is InChI=1S/C9H13FO3/c1-6(11)9(10)4-2-7(3-5-9)8(12)13/h7H,2-5H2,1H3,(H,12,13). The van der Waals surface area contributed by atoms with Crippen LogP contribution in [-0.4, -0.2) is 22.5 Å². The van der Waals surface area contributed by atoms with Crippen LogP contribution in [0.1, 0.15) is 32.6 Å². The van der Waals surface area contributed by atoms with Gasteiger partial charge in [0.1, 0.15) is 0 Å². The molecule has 0 aromatic heterocycles. The minimum Gasteiger partial charge on any atom is -0.481 e. The summed E-state index contributed by atoms with van der Waals surface area (Å²) in [5.74, 6) is -1.83. The maximum Gasteiger partial charge on any atom is 0.306 e. The fourth-order valence-electron chi connectivity index (χ4n) is 1.67. The van der Waals surface area contributed by atoms with E-state index in [1.165, 1.54) is 6.92 Å². The summed E-state index contributed by atoms with van der Waals surface area (Å²) >= 11 is 0. The molecular formula is C9H13FO3. The molecule has 0 unspecified atom stereocenters. The van der Waals surface area contributed by atoms with Crippen molar-refractivity contribution in [3.8, 4) is 0 Å². The van der Waals surface area contributed by atoms with Crippen molar-refractivity contribution in [3.63, 3.8) is 0 Å². The van der Waals surface area contributed by atoms with Gasteiger partial charge in [-0.1, -0.05) is 0 Å². The van der Waals surface area contributed by atoms with Crippen LogP contribution >= 0.6 is 0 Å². The van der Waals surface area contributed by atoms with Gasteiger partial charge < -0.3 is 5.11 Å². The Bertz CT molecular complexity index is 229. The number of ketones is 1. The van der Waals surface area contributed by atoms with Crippen LogP contribution in [0.3, 0.4) is 0 Å². The third kappa shape index (κ3) is 2.05. The summed E-state index contributed by atoms with van der Waals surface area (Å²) in [5, 5.41) is 8.64. The Morgan fingerprint density at radius 2 is 1.85 bits per heavy atom. The fraction of sp³-hybridized carbons (Fsp3) is 0.778. The molecule has 0 atom stereocenters. The predicted molar refractivity (Wildman–Crippen MR) is 44.1 cm³/mol. The van der Waals surface area contributed by atoms with Gasteiger partial charge in [0.2, 0.25) is 0 Å². The highest BCUT2D eigenvalue weighted by Gasteiger charge is 2.41. The third-order valence-electron chi connectivity index (χ3n) is 2.76. The molecule has 0 aromatic carbocycles. The molecule has 13 heavy (non-hydrogen) atoms. The second kappa shape index (κ2) is 3.44. The average Bonchev–Trinajstić information content (AvgIpc) is 2.04. The molecule has 1 N–H and O–H groups in total. The number of halogens is 1. The van der Waals surface area contributed by atoms with Gasteiger partial charge in [-0.15, -0.1) is 0 Å². The van der Waals surface area contributed by atoms with Crippen LogP contribution < -0.4 is 0 Å². The molecule has 0 aliphatic heterocycles. The second-order valence-electron chi connectivity index (χ2n) is 3.63. The van der Waals surface area contributed by atoms with Gasteiger partial charge in [0.25, 0.3) is 0 Å². The van der Waals surface area contributed by atoms with E-state index in [0.29, 0.717) is 0 Å². The lowest BCUT2D eigenvalue weighted by atomic mass is 9.78. The minimum absolute atomic E-state index is 0.0549. The van der Waals surface area contributed by atoms with E-state index >= 15 is 0 Å². The third-order valence-corrected chi connectivity index (χ3v) is 2.76. The summed E-state index contributed by atoms with van der Waals surface area (Å²) in [6.07, 6.45) is 0.648. The van der Waals surface area contributed by atoms with Crippen molar-refractivity contribution in [2.45, 2.75) is 38.3 Å². The highest BCUT2D eigenvalue weighted by atomic mass is 19.1. The first-order valence-electron chi connectivity index (χ1n) is 4.38. The Morgan fingerprint density at radius 1 is 1.38 bits per heavy atom. The first kappa shape index (κ1) is 10.2. The Balaban J connectivity index is 2.56. The van der Waals surface area contributed by atoms with Crippen LogP contribution in [0, 0.1) is 5.92 Å². The zero-order valence-electron chi connectivity index (χ0n) is 7.55. The van der Waals surface area contributed by atoms with Gasteiger partial charge in [-0.2, -0.15) is 0 Å². The van der Waals surface area contributed by atoms with Crippen molar-refractivity contribution in [1.82, 2.24) is 0 Å². The Morgan fingerprint density at radius 3 is 2.15 bits per heavy atom. The molecule has 0 amide bonds. The number of Topliss-reactive ketones (excluding diaryl/α,β-unsaturated/α-hetero) is 1. The molecule has 0 bridgehead atoms. The van der Waals surface area contributed by atoms with E-state index in [2.05, 4.69) is 0 Å². The number of carboxylic acid groups (broad SMARTS) is 1. The number of hydrogen-bond acceptors (Lipinski definition) is 2. The normalized spacial score (nSPS) is 34.2. The highest BCUT2D eigenvalue weighted by molar-refractivity contribution is 5.85. The van der Waals surface area contributed by atoms with Crippen LogP contribution in [0.25, 0.3) is 0 Å². The van der Waals surface area contributed by atoms with Gasteiger partial charge in [-0.05, 0) is 32.6 Å². The van der Waals surface area contributed by atoms with E-state index < -0.39 is 23.3 Å². The summed E-state index contributed by atoms with van der Waals surface area (Å²) in [6.45, 7) is 1.22. The molecule has 0 saturated heterocycles. The lowest BCUT2D eigenvalue weighted by Gasteiger charge is -2.29. The highest BCUT2D eigenvalue weighted by Crippen LogP contribution is 2.35. The number of carboxylic acids is 1. The number of hydrogen-bond donors (Lipinski definition) is 1. The largest absolute Gasteiger partial charge is 0.481 e. The van der Waals surface area contributed by atoms with Gasteiger partial charge in [0, 0.05) is 0 Å². The van der Waals surface area contributed by atoms with E-state index in [1.54, 1.807) is 0 Å². The number of aliphatic carboxylic acids is 1. The molecule has 1 saturated carbocycles. The molecule has 1 aliphatic rings. The zero-order chi connectivity index (χ0) is 10.1. The van der Waals surface area contributed by atoms with Crippen molar-refractivity contribution in [2.75, 3.05) is 0 Å². The van der Waals surface area contributed by atoms with Crippen molar-refractivity contribution >= 4 is 11.8 Å². The topological polar surface area (TPSA) is 54.4 Å². The summed E-state index contributed by atoms with van der Waals surface area (Å²) < 4.78 is 13.6. The first-order valence-corrected chi connectivity index (χ1v) is 4.38. The number of rotatable bonds is 2. The zero-order valence-corrected chi connectivity index (χ0v) is 7.55. The molecule has 1 fully saturated rings. The van der Waals surface area contributed by atoms with Crippen molar-refractivity contribution in [1.29, 1.82) is 0 Å². The molecule has 0 radical (unpaired) electrons. The number of carbonyl (C=O) groups excluding carboxylic acids is 1. The Labute approximate surface area is 75.9 Å². The van der Waals surface area contributed by atoms with E-state index in [1.807, 2.05) is 0 Å². The monoisotopic (exact) mass is 188 g/mol. The van der Waals surface area contributed by atoms with Gasteiger partial charge in [-0.3, -0.25) is 9.59 Å². The predicted octanol–water partition coefficient (Wildman–Crippen LogP) is 1.56. The molecule has 1 rings (SSSR count). The van der Waals surface area contributed by atoms with E-state index in [-0.39, 0.29) is 25.7 Å². The van der Waals surface area contributed by atoms with Crippen LogP contribution in [0.4, 0.5) is 4.39 Å². The summed E-state index contributed by atoms with van der Waals surface area (Å²) in [7, 11) is 0. The van der Waals surface area contributed by atoms with E-state index in [0.717, 1.165) is 0 Å². The van der Waals surface area contributed by atoms with Crippen LogP contribution in [-0.2, 0) is 9.59 Å². The summed E-state index contributed by atoms with van der Waals surface area (Å²) in [6, 6.07) is 0. The van der Waals surface area contributed by atoms with Gasteiger partial charge >= 0.3 is 5.97 Å². The molecule has 1 aliphatic carbocycles. The molecule has 3 nitrogen and oxygen atoms in total. The second-order valence-corrected chi connectivity index (χ2v) is 3.63.